The Labute approximate surface area is 168 Å². The summed E-state index contributed by atoms with van der Waals surface area (Å²) < 4.78 is 5.76. The van der Waals surface area contributed by atoms with Crippen LogP contribution in [0.15, 0.2) is 33.8 Å². The van der Waals surface area contributed by atoms with Gasteiger partial charge in [-0.15, -0.1) is 0 Å². The number of furan rings is 1. The Bertz CT molecular complexity index is 833. The lowest BCUT2D eigenvalue weighted by Crippen LogP contribution is -2.51. The highest BCUT2D eigenvalue weighted by Crippen LogP contribution is 2.65. The molecule has 0 bridgehead atoms. The Morgan fingerprint density at radius 3 is 2.64 bits per heavy atom. The Morgan fingerprint density at radius 2 is 1.89 bits per heavy atom. The van der Waals surface area contributed by atoms with Crippen LogP contribution in [0.4, 0.5) is 0 Å². The van der Waals surface area contributed by atoms with Gasteiger partial charge in [0.05, 0.1) is 12.2 Å². The molecule has 152 valence electrons. The maximum Gasteiger partial charge on any atom is 0.127 e. The van der Waals surface area contributed by atoms with E-state index < -0.39 is 0 Å². The fraction of sp³-hybridized carbons (Fsp3) is 0.680. The normalized spacial score (nSPS) is 46.7. The molecule has 4 aliphatic carbocycles. The summed E-state index contributed by atoms with van der Waals surface area (Å²) in [6, 6.07) is 4.00. The first kappa shape index (κ1) is 18.7. The monoisotopic (exact) mass is 382 g/mol. The molecule has 0 radical (unpaired) electrons. The van der Waals surface area contributed by atoms with Gasteiger partial charge in [-0.05, 0) is 98.8 Å². The number of rotatable bonds is 1. The molecule has 0 aromatic carbocycles. The molecule has 4 aliphatic rings. The number of aliphatic hydroxyl groups excluding tert-OH is 2. The third kappa shape index (κ3) is 2.62. The first-order valence-electron chi connectivity index (χ1n) is 11.1. The van der Waals surface area contributed by atoms with Crippen LogP contribution < -0.4 is 0 Å². The van der Waals surface area contributed by atoms with Gasteiger partial charge in [0.15, 0.2) is 0 Å². The minimum atomic E-state index is -0.366. The van der Waals surface area contributed by atoms with Gasteiger partial charge >= 0.3 is 0 Å². The third-order valence-electron chi connectivity index (χ3n) is 9.04. The smallest absolute Gasteiger partial charge is 0.127 e. The van der Waals surface area contributed by atoms with Crippen molar-refractivity contribution in [2.24, 2.45) is 28.6 Å². The zero-order valence-electron chi connectivity index (χ0n) is 17.4. The quantitative estimate of drug-likeness (QED) is 0.651. The van der Waals surface area contributed by atoms with Gasteiger partial charge in [-0.3, -0.25) is 0 Å². The van der Waals surface area contributed by atoms with E-state index in [1.54, 1.807) is 0 Å². The second kappa shape index (κ2) is 6.34. The van der Waals surface area contributed by atoms with Crippen LogP contribution in [0.25, 0.3) is 6.08 Å². The molecular formula is C25H34O3. The standard InChI is InChI=1S/C25H34O3/c1-15-4-6-19(28-15)12-16-13-22-20-7-5-17-14-18(26)8-10-24(17,2)21(20)9-11-25(22,3)23(16)27/h4-6,12,18,20-23,26-27H,7-11,13-14H2,1-3H3/b16-12-/t18-,20-,21+,22+,23+,24+,25+/m1/s1. The average Bonchev–Trinajstić information content (AvgIpc) is 3.18. The van der Waals surface area contributed by atoms with Gasteiger partial charge in [-0.2, -0.15) is 0 Å². The molecule has 1 aromatic heterocycles. The molecule has 3 heteroatoms. The molecule has 5 rings (SSSR count). The van der Waals surface area contributed by atoms with E-state index in [0.29, 0.717) is 17.8 Å². The van der Waals surface area contributed by atoms with Gasteiger partial charge in [0, 0.05) is 5.41 Å². The van der Waals surface area contributed by atoms with E-state index in [9.17, 15) is 10.2 Å². The van der Waals surface area contributed by atoms with Crippen molar-refractivity contribution in [1.29, 1.82) is 0 Å². The Morgan fingerprint density at radius 1 is 1.07 bits per heavy atom. The summed E-state index contributed by atoms with van der Waals surface area (Å²) in [7, 11) is 0. The van der Waals surface area contributed by atoms with Crippen LogP contribution >= 0.6 is 0 Å². The molecular weight excluding hydrogens is 348 g/mol. The van der Waals surface area contributed by atoms with Gasteiger partial charge in [0.2, 0.25) is 0 Å². The van der Waals surface area contributed by atoms with Crippen molar-refractivity contribution in [3.8, 4) is 0 Å². The Hall–Kier alpha value is -1.32. The van der Waals surface area contributed by atoms with Crippen molar-refractivity contribution in [3.05, 3.63) is 40.9 Å². The molecule has 2 N–H and O–H groups in total. The number of fused-ring (bicyclic) bond motifs is 5. The predicted octanol–water partition coefficient (Wildman–Crippen LogP) is 5.27. The van der Waals surface area contributed by atoms with E-state index >= 15 is 0 Å². The third-order valence-corrected chi connectivity index (χ3v) is 9.04. The molecule has 1 aromatic rings. The van der Waals surface area contributed by atoms with Gasteiger partial charge in [-0.25, -0.2) is 0 Å². The fourth-order valence-corrected chi connectivity index (χ4v) is 7.35. The first-order valence-corrected chi connectivity index (χ1v) is 11.1. The van der Waals surface area contributed by atoms with Crippen LogP contribution in [-0.4, -0.2) is 22.4 Å². The summed E-state index contributed by atoms with van der Waals surface area (Å²) in [5.74, 6) is 3.65. The largest absolute Gasteiger partial charge is 0.462 e. The summed E-state index contributed by atoms with van der Waals surface area (Å²) in [4.78, 5) is 0. The molecule has 1 heterocycles. The van der Waals surface area contributed by atoms with Crippen molar-refractivity contribution >= 4 is 6.08 Å². The summed E-state index contributed by atoms with van der Waals surface area (Å²) in [6.45, 7) is 6.74. The molecule has 0 amide bonds. The topological polar surface area (TPSA) is 53.6 Å². The lowest BCUT2D eigenvalue weighted by Gasteiger charge is -2.57. The van der Waals surface area contributed by atoms with E-state index in [2.05, 4.69) is 26.0 Å². The zero-order valence-corrected chi connectivity index (χ0v) is 17.4. The maximum absolute atomic E-state index is 11.3. The average molecular weight is 383 g/mol. The molecule has 3 saturated carbocycles. The minimum Gasteiger partial charge on any atom is -0.462 e. The number of hydrogen-bond acceptors (Lipinski definition) is 3. The zero-order chi connectivity index (χ0) is 19.7. The molecule has 28 heavy (non-hydrogen) atoms. The van der Waals surface area contributed by atoms with E-state index in [-0.39, 0.29) is 23.0 Å². The van der Waals surface area contributed by atoms with Gasteiger partial charge in [0.1, 0.15) is 11.5 Å². The summed E-state index contributed by atoms with van der Waals surface area (Å²) >= 11 is 0. The summed E-state index contributed by atoms with van der Waals surface area (Å²) in [6.07, 6.45) is 11.4. The summed E-state index contributed by atoms with van der Waals surface area (Å²) in [5.41, 5.74) is 2.89. The molecule has 3 fully saturated rings. The van der Waals surface area contributed by atoms with Crippen molar-refractivity contribution in [2.45, 2.75) is 77.9 Å². The molecule has 0 spiro atoms. The van der Waals surface area contributed by atoms with Gasteiger partial charge < -0.3 is 14.6 Å². The minimum absolute atomic E-state index is 0.0233. The van der Waals surface area contributed by atoms with Crippen LogP contribution in [0.2, 0.25) is 0 Å². The van der Waals surface area contributed by atoms with Crippen molar-refractivity contribution in [3.63, 3.8) is 0 Å². The second-order valence-corrected chi connectivity index (χ2v) is 10.5. The maximum atomic E-state index is 11.3. The Balaban J connectivity index is 1.47. The highest BCUT2D eigenvalue weighted by molar-refractivity contribution is 5.51. The SMILES string of the molecule is Cc1ccc(/C=C2/C[C@H]3[C@@H]4CC=C5C[C@H](O)CC[C@]5(C)[C@H]4CC[C@]3(C)[C@H]2O)o1. The van der Waals surface area contributed by atoms with Crippen molar-refractivity contribution < 1.29 is 14.6 Å². The lowest BCUT2D eigenvalue weighted by atomic mass is 9.48. The van der Waals surface area contributed by atoms with Gasteiger partial charge in [0.25, 0.3) is 0 Å². The van der Waals surface area contributed by atoms with Crippen LogP contribution in [0, 0.1) is 35.5 Å². The van der Waals surface area contributed by atoms with Crippen LogP contribution in [-0.2, 0) is 0 Å². The number of aliphatic hydroxyl groups is 2. The van der Waals surface area contributed by atoms with Gasteiger partial charge in [-0.1, -0.05) is 25.5 Å². The lowest BCUT2D eigenvalue weighted by molar-refractivity contribution is -0.0685. The molecule has 0 aliphatic heterocycles. The molecule has 3 nitrogen and oxygen atoms in total. The highest BCUT2D eigenvalue weighted by atomic mass is 16.3. The first-order chi connectivity index (χ1) is 13.3. The Kier molecular flexibility index (Phi) is 4.23. The molecule has 7 atom stereocenters. The molecule has 0 unspecified atom stereocenters. The number of aryl methyl sites for hydroxylation is 1. The fourth-order valence-electron chi connectivity index (χ4n) is 7.35. The van der Waals surface area contributed by atoms with Crippen LogP contribution in [0.3, 0.4) is 0 Å². The predicted molar refractivity (Wildman–Crippen MR) is 111 cm³/mol. The van der Waals surface area contributed by atoms with Crippen LogP contribution in [0.5, 0.6) is 0 Å². The van der Waals surface area contributed by atoms with Crippen LogP contribution in [0.1, 0.15) is 70.3 Å². The number of allylic oxidation sites excluding steroid dienone is 1. The van der Waals surface area contributed by atoms with E-state index in [4.69, 9.17) is 4.42 Å². The summed E-state index contributed by atoms with van der Waals surface area (Å²) in [5, 5.41) is 21.4. The van der Waals surface area contributed by atoms with E-state index in [1.165, 1.54) is 12.0 Å². The molecule has 0 saturated heterocycles. The second-order valence-electron chi connectivity index (χ2n) is 10.5. The van der Waals surface area contributed by atoms with Crippen molar-refractivity contribution in [2.75, 3.05) is 0 Å². The number of hydrogen-bond donors (Lipinski definition) is 2. The highest BCUT2D eigenvalue weighted by Gasteiger charge is 2.59. The van der Waals surface area contributed by atoms with Crippen molar-refractivity contribution in [1.82, 2.24) is 0 Å². The van der Waals surface area contributed by atoms with E-state index in [1.807, 2.05) is 19.1 Å². The van der Waals surface area contributed by atoms with E-state index in [0.717, 1.165) is 55.6 Å².